The maximum Gasteiger partial charge on any atom is 0.231 e. The summed E-state index contributed by atoms with van der Waals surface area (Å²) in [6.45, 7) is 11.1. The number of anilines is 1. The van der Waals surface area contributed by atoms with E-state index < -0.39 is 0 Å². The standard InChI is InChI=1S/C22H23N3O2S.C2H6/c1-3-6-17-16(12-24-18(17)4-2)7-5-10-23-22-25-13-21(28-22)15-8-9-19-20(11-15)27-14-26-19;1-2/h3-4,6,8-9,11-13,24H,2,5,7,10,14H2,1H3,(H,23,25);1-2H3/b6-3-;. The van der Waals surface area contributed by atoms with Crippen molar-refractivity contribution in [3.05, 3.63) is 60.1 Å². The zero-order chi connectivity index (χ0) is 21.3. The smallest absolute Gasteiger partial charge is 0.231 e. The summed E-state index contributed by atoms with van der Waals surface area (Å²) in [4.78, 5) is 8.90. The van der Waals surface area contributed by atoms with E-state index in [1.54, 1.807) is 11.3 Å². The highest BCUT2D eigenvalue weighted by atomic mass is 32.1. The van der Waals surface area contributed by atoms with E-state index in [1.165, 1.54) is 11.1 Å². The van der Waals surface area contributed by atoms with Crippen LogP contribution in [0.4, 0.5) is 5.13 Å². The Morgan fingerprint density at radius 1 is 1.27 bits per heavy atom. The molecule has 4 rings (SSSR count). The number of ether oxygens (including phenoxy) is 2. The van der Waals surface area contributed by atoms with Gasteiger partial charge in [0.25, 0.3) is 0 Å². The van der Waals surface area contributed by atoms with Crippen LogP contribution in [-0.2, 0) is 6.42 Å². The Morgan fingerprint density at radius 2 is 2.10 bits per heavy atom. The van der Waals surface area contributed by atoms with Crippen molar-refractivity contribution >= 4 is 28.6 Å². The van der Waals surface area contributed by atoms with Crippen molar-refractivity contribution in [2.24, 2.45) is 0 Å². The van der Waals surface area contributed by atoms with Crippen molar-refractivity contribution in [1.82, 2.24) is 9.97 Å². The van der Waals surface area contributed by atoms with Crippen molar-refractivity contribution < 1.29 is 9.47 Å². The Kier molecular flexibility index (Phi) is 7.74. The lowest BCUT2D eigenvalue weighted by Gasteiger charge is -2.03. The van der Waals surface area contributed by atoms with Crippen LogP contribution in [0.3, 0.4) is 0 Å². The fraction of sp³-hybridized carbons (Fsp3) is 0.292. The van der Waals surface area contributed by atoms with Gasteiger partial charge in [0.1, 0.15) is 0 Å². The van der Waals surface area contributed by atoms with Crippen LogP contribution in [0.15, 0.2) is 43.2 Å². The summed E-state index contributed by atoms with van der Waals surface area (Å²) in [5.41, 5.74) is 4.72. The first-order chi connectivity index (χ1) is 14.8. The third-order valence-electron chi connectivity index (χ3n) is 4.64. The monoisotopic (exact) mass is 423 g/mol. The number of fused-ring (bicyclic) bond motifs is 1. The minimum Gasteiger partial charge on any atom is -0.454 e. The molecule has 5 nitrogen and oxygen atoms in total. The summed E-state index contributed by atoms with van der Waals surface area (Å²) >= 11 is 1.65. The van der Waals surface area contributed by atoms with E-state index in [2.05, 4.69) is 40.2 Å². The predicted molar refractivity (Wildman–Crippen MR) is 127 cm³/mol. The molecule has 0 unspecified atom stereocenters. The molecular formula is C24H29N3O2S. The van der Waals surface area contributed by atoms with E-state index in [-0.39, 0.29) is 0 Å². The number of nitrogens with zero attached hydrogens (tertiary/aromatic N) is 1. The van der Waals surface area contributed by atoms with Crippen molar-refractivity contribution in [2.75, 3.05) is 18.7 Å². The molecule has 1 aromatic carbocycles. The van der Waals surface area contributed by atoms with Gasteiger partial charge in [-0.1, -0.05) is 43.9 Å². The van der Waals surface area contributed by atoms with Crippen LogP contribution in [0.2, 0.25) is 0 Å². The number of H-pyrrole nitrogens is 1. The van der Waals surface area contributed by atoms with Crippen molar-refractivity contribution in [3.8, 4) is 21.9 Å². The number of hydrogen-bond acceptors (Lipinski definition) is 5. The molecule has 0 amide bonds. The number of thiazole rings is 1. The van der Waals surface area contributed by atoms with Gasteiger partial charge in [-0.2, -0.15) is 0 Å². The van der Waals surface area contributed by atoms with Gasteiger partial charge in [0.15, 0.2) is 16.6 Å². The fourth-order valence-electron chi connectivity index (χ4n) is 3.25. The van der Waals surface area contributed by atoms with Gasteiger partial charge in [0.2, 0.25) is 6.79 Å². The Morgan fingerprint density at radius 3 is 2.90 bits per heavy atom. The largest absolute Gasteiger partial charge is 0.454 e. The van der Waals surface area contributed by atoms with Gasteiger partial charge >= 0.3 is 0 Å². The molecule has 0 saturated carbocycles. The summed E-state index contributed by atoms with van der Waals surface area (Å²) in [6, 6.07) is 5.99. The third-order valence-corrected chi connectivity index (χ3v) is 5.64. The maximum absolute atomic E-state index is 5.46. The second-order valence-electron chi connectivity index (χ2n) is 6.47. The highest BCUT2D eigenvalue weighted by Crippen LogP contribution is 2.38. The van der Waals surface area contributed by atoms with E-state index in [0.29, 0.717) is 6.79 Å². The topological polar surface area (TPSA) is 59.2 Å². The normalized spacial score (nSPS) is 12.0. The highest BCUT2D eigenvalue weighted by Gasteiger charge is 2.15. The summed E-state index contributed by atoms with van der Waals surface area (Å²) in [7, 11) is 0. The van der Waals surface area contributed by atoms with E-state index in [0.717, 1.165) is 52.2 Å². The van der Waals surface area contributed by atoms with Crippen molar-refractivity contribution in [3.63, 3.8) is 0 Å². The molecule has 0 radical (unpaired) electrons. The molecule has 158 valence electrons. The van der Waals surface area contributed by atoms with Crippen molar-refractivity contribution in [1.29, 1.82) is 0 Å². The van der Waals surface area contributed by atoms with Crippen LogP contribution in [-0.4, -0.2) is 23.3 Å². The molecule has 6 heteroatoms. The fourth-order valence-corrected chi connectivity index (χ4v) is 4.08. The van der Waals surface area contributed by atoms with Gasteiger partial charge in [-0.15, -0.1) is 0 Å². The number of aromatic nitrogens is 2. The van der Waals surface area contributed by atoms with E-state index in [9.17, 15) is 0 Å². The Bertz CT molecular complexity index is 1000. The zero-order valence-electron chi connectivity index (χ0n) is 17.8. The molecular weight excluding hydrogens is 394 g/mol. The minimum absolute atomic E-state index is 0.291. The first kappa shape index (κ1) is 21.7. The molecule has 1 aliphatic rings. The number of hydrogen-bond donors (Lipinski definition) is 2. The van der Waals surface area contributed by atoms with E-state index in [4.69, 9.17) is 9.47 Å². The molecule has 2 N–H and O–H groups in total. The lowest BCUT2D eigenvalue weighted by Crippen LogP contribution is -2.02. The van der Waals surface area contributed by atoms with Gasteiger partial charge in [0, 0.05) is 30.2 Å². The number of nitrogens with one attached hydrogen (secondary N) is 2. The second kappa shape index (κ2) is 10.7. The van der Waals surface area contributed by atoms with E-state index >= 15 is 0 Å². The molecule has 3 heterocycles. The number of benzene rings is 1. The molecule has 3 aromatic rings. The van der Waals surface area contributed by atoms with Gasteiger partial charge in [-0.25, -0.2) is 4.98 Å². The SMILES string of the molecule is C=Cc1[nH]cc(CCCNc2ncc(-c3ccc4c(c3)OCO4)s2)c1/C=C\C.CC. The number of aromatic amines is 1. The lowest BCUT2D eigenvalue weighted by atomic mass is 10.1. The molecule has 0 fully saturated rings. The minimum atomic E-state index is 0.291. The van der Waals surface area contributed by atoms with Crippen LogP contribution in [0.25, 0.3) is 22.6 Å². The Balaban J connectivity index is 0.00000124. The summed E-state index contributed by atoms with van der Waals surface area (Å²) in [5.74, 6) is 1.59. The predicted octanol–water partition coefficient (Wildman–Crippen LogP) is 6.61. The molecule has 0 spiro atoms. The summed E-state index contributed by atoms with van der Waals surface area (Å²) in [6.07, 6.45) is 12.1. The maximum atomic E-state index is 5.46. The Hall–Kier alpha value is -2.99. The quantitative estimate of drug-likeness (QED) is 0.400. The molecule has 0 bridgehead atoms. The van der Waals surface area contributed by atoms with Crippen LogP contribution in [0.1, 0.15) is 44.0 Å². The molecule has 30 heavy (non-hydrogen) atoms. The van der Waals surface area contributed by atoms with Gasteiger partial charge in [-0.3, -0.25) is 0 Å². The molecule has 0 aliphatic carbocycles. The van der Waals surface area contributed by atoms with Crippen LogP contribution < -0.4 is 14.8 Å². The van der Waals surface area contributed by atoms with Crippen molar-refractivity contribution in [2.45, 2.75) is 33.6 Å². The number of rotatable bonds is 8. The van der Waals surface area contributed by atoms with Crippen LogP contribution in [0, 0.1) is 0 Å². The lowest BCUT2D eigenvalue weighted by molar-refractivity contribution is 0.174. The number of aryl methyl sites for hydroxylation is 1. The second-order valence-corrected chi connectivity index (χ2v) is 7.50. The summed E-state index contributed by atoms with van der Waals surface area (Å²) < 4.78 is 10.8. The van der Waals surface area contributed by atoms with Gasteiger partial charge in [0.05, 0.1) is 4.88 Å². The Labute approximate surface area is 182 Å². The zero-order valence-corrected chi connectivity index (χ0v) is 18.6. The van der Waals surface area contributed by atoms with Crippen LogP contribution in [0.5, 0.6) is 11.5 Å². The van der Waals surface area contributed by atoms with Gasteiger partial charge < -0.3 is 19.8 Å². The molecule has 0 saturated heterocycles. The van der Waals surface area contributed by atoms with Crippen LogP contribution >= 0.6 is 11.3 Å². The highest BCUT2D eigenvalue weighted by molar-refractivity contribution is 7.18. The molecule has 0 atom stereocenters. The average Bonchev–Trinajstić information content (AvgIpc) is 3.52. The molecule has 1 aliphatic heterocycles. The first-order valence-corrected chi connectivity index (χ1v) is 11.1. The van der Waals surface area contributed by atoms with Gasteiger partial charge in [-0.05, 0) is 55.2 Å². The third kappa shape index (κ3) is 4.94. The number of allylic oxidation sites excluding steroid dienone is 1. The van der Waals surface area contributed by atoms with E-state index in [1.807, 2.05) is 51.2 Å². The summed E-state index contributed by atoms with van der Waals surface area (Å²) in [5, 5.41) is 4.37. The first-order valence-electron chi connectivity index (χ1n) is 10.3. The molecule has 2 aromatic heterocycles. The average molecular weight is 424 g/mol.